The Morgan fingerprint density at radius 2 is 2.08 bits per heavy atom. The van der Waals surface area contributed by atoms with E-state index in [9.17, 15) is 4.79 Å². The number of imidazole rings is 1. The fourth-order valence-corrected chi connectivity index (χ4v) is 3.96. The first-order valence-electron chi connectivity index (χ1n) is 7.55. The number of aryl methyl sites for hydroxylation is 2. The largest absolute Gasteiger partial charge is 0.329 e. The molecule has 0 aliphatic carbocycles. The molecule has 2 heterocycles. The molecule has 0 aliphatic heterocycles. The number of carbonyl (C=O) groups is 1. The van der Waals surface area contributed by atoms with Gasteiger partial charge in [-0.15, -0.1) is 0 Å². The summed E-state index contributed by atoms with van der Waals surface area (Å²) in [6, 6.07) is 10.1. The first-order chi connectivity index (χ1) is 11.5. The van der Waals surface area contributed by atoms with Crippen molar-refractivity contribution >= 4 is 33.5 Å². The van der Waals surface area contributed by atoms with Crippen LogP contribution in [0.25, 0.3) is 5.69 Å². The molecule has 3 rings (SSSR count). The number of carbonyl (C=O) groups excluding carboxylic acids is 1. The molecule has 0 radical (unpaired) electrons. The van der Waals surface area contributed by atoms with Gasteiger partial charge in [0.2, 0.25) is 0 Å². The second-order valence-corrected chi connectivity index (χ2v) is 7.49. The van der Waals surface area contributed by atoms with Crippen LogP contribution in [0.1, 0.15) is 21.7 Å². The maximum Gasteiger partial charge on any atom is 0.175 e. The average Bonchev–Trinajstić information content (AvgIpc) is 3.08. The molecule has 0 unspecified atom stereocenters. The van der Waals surface area contributed by atoms with Crippen molar-refractivity contribution in [2.24, 2.45) is 7.05 Å². The lowest BCUT2D eigenvalue weighted by molar-refractivity contribution is 0.102. The fourth-order valence-electron chi connectivity index (χ4n) is 2.76. The van der Waals surface area contributed by atoms with Crippen LogP contribution in [0.4, 0.5) is 0 Å². The van der Waals surface area contributed by atoms with Gasteiger partial charge in [0, 0.05) is 46.6 Å². The molecule has 0 amide bonds. The molecule has 124 valence electrons. The SMILES string of the molecule is Cc1cc(C(=O)CSc2nccn2C)c(C)n1-c1cccc(Br)c1. The lowest BCUT2D eigenvalue weighted by atomic mass is 10.2. The lowest BCUT2D eigenvalue weighted by Crippen LogP contribution is -2.06. The Hall–Kier alpha value is -1.79. The highest BCUT2D eigenvalue weighted by molar-refractivity contribution is 9.10. The van der Waals surface area contributed by atoms with E-state index < -0.39 is 0 Å². The van der Waals surface area contributed by atoms with Crippen molar-refractivity contribution in [3.63, 3.8) is 0 Å². The van der Waals surface area contributed by atoms with Crippen molar-refractivity contribution in [3.05, 3.63) is 64.1 Å². The topological polar surface area (TPSA) is 39.8 Å². The highest BCUT2D eigenvalue weighted by Gasteiger charge is 2.17. The maximum atomic E-state index is 12.7. The number of nitrogens with zero attached hydrogens (tertiary/aromatic N) is 3. The second kappa shape index (κ2) is 6.99. The predicted molar refractivity (Wildman–Crippen MR) is 101 cm³/mol. The molecule has 0 bridgehead atoms. The van der Waals surface area contributed by atoms with E-state index in [1.54, 1.807) is 6.20 Å². The van der Waals surface area contributed by atoms with Crippen LogP contribution in [0, 0.1) is 13.8 Å². The van der Waals surface area contributed by atoms with Crippen molar-refractivity contribution in [1.29, 1.82) is 0 Å². The van der Waals surface area contributed by atoms with E-state index in [1.165, 1.54) is 11.8 Å². The van der Waals surface area contributed by atoms with Crippen molar-refractivity contribution in [1.82, 2.24) is 14.1 Å². The molecule has 3 aromatic rings. The fraction of sp³-hybridized carbons (Fsp3) is 0.222. The zero-order valence-electron chi connectivity index (χ0n) is 13.8. The van der Waals surface area contributed by atoms with Crippen molar-refractivity contribution in [2.75, 3.05) is 5.75 Å². The van der Waals surface area contributed by atoms with Gasteiger partial charge in [0.1, 0.15) is 0 Å². The number of thioether (sulfide) groups is 1. The summed E-state index contributed by atoms with van der Waals surface area (Å²) < 4.78 is 5.05. The summed E-state index contributed by atoms with van der Waals surface area (Å²) in [4.78, 5) is 16.9. The van der Waals surface area contributed by atoms with E-state index in [4.69, 9.17) is 0 Å². The molecule has 4 nitrogen and oxygen atoms in total. The Morgan fingerprint density at radius 3 is 2.75 bits per heavy atom. The number of hydrogen-bond acceptors (Lipinski definition) is 3. The molecule has 0 spiro atoms. The number of ketones is 1. The third-order valence-corrected chi connectivity index (χ3v) is 5.46. The van der Waals surface area contributed by atoms with Gasteiger partial charge >= 0.3 is 0 Å². The lowest BCUT2D eigenvalue weighted by Gasteiger charge is -2.10. The summed E-state index contributed by atoms with van der Waals surface area (Å²) >= 11 is 4.97. The minimum atomic E-state index is 0.123. The molecule has 0 saturated carbocycles. The van der Waals surface area contributed by atoms with Crippen molar-refractivity contribution in [3.8, 4) is 5.69 Å². The van der Waals surface area contributed by atoms with Crippen molar-refractivity contribution in [2.45, 2.75) is 19.0 Å². The Balaban J connectivity index is 1.85. The molecule has 6 heteroatoms. The highest BCUT2D eigenvalue weighted by Crippen LogP contribution is 2.25. The Morgan fingerprint density at radius 1 is 1.29 bits per heavy atom. The zero-order chi connectivity index (χ0) is 17.3. The van der Waals surface area contributed by atoms with Gasteiger partial charge < -0.3 is 9.13 Å². The molecule has 1 aromatic carbocycles. The van der Waals surface area contributed by atoms with Crippen molar-refractivity contribution < 1.29 is 4.79 Å². The van der Waals surface area contributed by atoms with E-state index in [1.807, 2.05) is 55.9 Å². The van der Waals surface area contributed by atoms with Gasteiger partial charge in [-0.1, -0.05) is 33.8 Å². The van der Waals surface area contributed by atoms with Crippen LogP contribution in [0.15, 0.2) is 52.4 Å². The molecule has 0 atom stereocenters. The van der Waals surface area contributed by atoms with Gasteiger partial charge in [-0.3, -0.25) is 4.79 Å². The number of rotatable bonds is 5. The molecule has 2 aromatic heterocycles. The summed E-state index contributed by atoms with van der Waals surface area (Å²) in [5.41, 5.74) is 3.84. The summed E-state index contributed by atoms with van der Waals surface area (Å²) in [6.45, 7) is 4.02. The predicted octanol–water partition coefficient (Wildman–Crippen LogP) is 4.57. The summed E-state index contributed by atoms with van der Waals surface area (Å²) in [5.74, 6) is 0.505. The normalized spacial score (nSPS) is 11.0. The van der Waals surface area contributed by atoms with Crippen LogP contribution in [0.2, 0.25) is 0 Å². The van der Waals surface area contributed by atoms with Gasteiger partial charge in [0.25, 0.3) is 0 Å². The van der Waals surface area contributed by atoms with Crippen LogP contribution in [0.5, 0.6) is 0 Å². The molecular formula is C18H18BrN3OS. The molecule has 0 saturated heterocycles. The summed E-state index contributed by atoms with van der Waals surface area (Å²) in [5, 5.41) is 0.851. The van der Waals surface area contributed by atoms with E-state index in [0.717, 1.165) is 32.3 Å². The number of benzene rings is 1. The second-order valence-electron chi connectivity index (χ2n) is 5.63. The van der Waals surface area contributed by atoms with Gasteiger partial charge in [0.05, 0.1) is 5.75 Å². The molecule has 24 heavy (non-hydrogen) atoms. The van der Waals surface area contributed by atoms with Gasteiger partial charge in [0.15, 0.2) is 10.9 Å². The monoisotopic (exact) mass is 403 g/mol. The van der Waals surface area contributed by atoms with Gasteiger partial charge in [-0.05, 0) is 38.1 Å². The maximum absolute atomic E-state index is 12.7. The Bertz CT molecular complexity index is 898. The van der Waals surface area contributed by atoms with Gasteiger partial charge in [-0.25, -0.2) is 4.98 Å². The summed E-state index contributed by atoms with van der Waals surface area (Å²) in [7, 11) is 1.93. The molecule has 0 aliphatic rings. The first kappa shape index (κ1) is 17.0. The third kappa shape index (κ3) is 3.35. The smallest absolute Gasteiger partial charge is 0.175 e. The Labute approximate surface area is 154 Å². The van der Waals surface area contributed by atoms with Crippen LogP contribution < -0.4 is 0 Å². The average molecular weight is 404 g/mol. The quantitative estimate of drug-likeness (QED) is 0.462. The van der Waals surface area contributed by atoms with Crippen LogP contribution in [-0.4, -0.2) is 25.7 Å². The zero-order valence-corrected chi connectivity index (χ0v) is 16.2. The number of aromatic nitrogens is 3. The summed E-state index contributed by atoms with van der Waals surface area (Å²) in [6.07, 6.45) is 3.62. The number of Topliss-reactive ketones (excluding diaryl/α,β-unsaturated/α-hetero) is 1. The first-order valence-corrected chi connectivity index (χ1v) is 9.33. The third-order valence-electron chi connectivity index (χ3n) is 3.91. The highest BCUT2D eigenvalue weighted by atomic mass is 79.9. The van der Waals surface area contributed by atoms with E-state index in [0.29, 0.717) is 5.75 Å². The van der Waals surface area contributed by atoms with E-state index >= 15 is 0 Å². The van der Waals surface area contributed by atoms with Crippen LogP contribution in [0.3, 0.4) is 0 Å². The standard InChI is InChI=1S/C18H18BrN3OS/c1-12-9-16(17(23)11-24-18-20-7-8-21(18)3)13(2)22(12)15-6-4-5-14(19)10-15/h4-10H,11H2,1-3H3. The Kier molecular flexibility index (Phi) is 4.96. The molecule has 0 N–H and O–H groups in total. The van der Waals surface area contributed by atoms with E-state index in [2.05, 4.69) is 31.5 Å². The number of hydrogen-bond donors (Lipinski definition) is 0. The number of halogens is 1. The minimum Gasteiger partial charge on any atom is -0.329 e. The minimum absolute atomic E-state index is 0.123. The van der Waals surface area contributed by atoms with E-state index in [-0.39, 0.29) is 5.78 Å². The van der Waals surface area contributed by atoms with Crippen LogP contribution in [-0.2, 0) is 7.05 Å². The van der Waals surface area contributed by atoms with Crippen LogP contribution >= 0.6 is 27.7 Å². The molecular weight excluding hydrogens is 386 g/mol. The van der Waals surface area contributed by atoms with Gasteiger partial charge in [-0.2, -0.15) is 0 Å². The molecule has 0 fully saturated rings.